The Hall–Kier alpha value is -4.17. The maximum Gasteiger partial charge on any atom is 0.329 e. The van der Waals surface area contributed by atoms with Crippen molar-refractivity contribution in [2.45, 2.75) is 13.8 Å². The highest BCUT2D eigenvalue weighted by molar-refractivity contribution is 6.41. The van der Waals surface area contributed by atoms with E-state index in [1.807, 2.05) is 32.0 Å². The number of hydrogen-bond donors (Lipinski definition) is 3. The normalized spacial score (nSPS) is 10.6. The van der Waals surface area contributed by atoms with E-state index in [1.54, 1.807) is 48.5 Å². The molecule has 0 fully saturated rings. The summed E-state index contributed by atoms with van der Waals surface area (Å²) >= 11 is 5.97. The van der Waals surface area contributed by atoms with Crippen molar-refractivity contribution < 1.29 is 19.1 Å². The first kappa shape index (κ1) is 24.5. The van der Waals surface area contributed by atoms with Crippen molar-refractivity contribution in [1.29, 1.82) is 0 Å². The number of carbonyl (C=O) groups excluding carboxylic acids is 3. The lowest BCUT2D eigenvalue weighted by atomic mass is 10.1. The fourth-order valence-corrected chi connectivity index (χ4v) is 3.07. The molecule has 3 amide bonds. The van der Waals surface area contributed by atoms with Crippen LogP contribution in [0, 0.1) is 13.8 Å². The Morgan fingerprint density at radius 2 is 1.59 bits per heavy atom. The van der Waals surface area contributed by atoms with Crippen LogP contribution in [0.15, 0.2) is 71.8 Å². The number of halogens is 1. The molecule has 0 radical (unpaired) electrons. The van der Waals surface area contributed by atoms with Crippen LogP contribution < -0.4 is 20.8 Å². The molecule has 0 aliphatic heterocycles. The number of anilines is 2. The second kappa shape index (κ2) is 11.6. The molecular weight excluding hydrogens is 456 g/mol. The lowest BCUT2D eigenvalue weighted by molar-refractivity contribution is -0.136. The first-order valence-corrected chi connectivity index (χ1v) is 10.7. The molecule has 0 saturated heterocycles. The van der Waals surface area contributed by atoms with Gasteiger partial charge < -0.3 is 15.4 Å². The molecule has 0 saturated carbocycles. The quantitative estimate of drug-likeness (QED) is 0.270. The molecule has 3 N–H and O–H groups in total. The number of amides is 3. The molecule has 0 aliphatic carbocycles. The number of para-hydroxylation sites is 2. The highest BCUT2D eigenvalue weighted by Crippen LogP contribution is 2.20. The average molecular weight is 479 g/mol. The van der Waals surface area contributed by atoms with Crippen molar-refractivity contribution in [3.63, 3.8) is 0 Å². The van der Waals surface area contributed by atoms with Crippen molar-refractivity contribution in [3.05, 3.63) is 88.4 Å². The van der Waals surface area contributed by atoms with Gasteiger partial charge in [-0.15, -0.1) is 0 Å². The van der Waals surface area contributed by atoms with Gasteiger partial charge in [-0.3, -0.25) is 14.4 Å². The van der Waals surface area contributed by atoms with Gasteiger partial charge in [0.1, 0.15) is 5.75 Å². The third kappa shape index (κ3) is 6.66. The minimum Gasteiger partial charge on any atom is -0.483 e. The van der Waals surface area contributed by atoms with E-state index >= 15 is 0 Å². The summed E-state index contributed by atoms with van der Waals surface area (Å²) in [5.41, 5.74) is 5.75. The van der Waals surface area contributed by atoms with Crippen molar-refractivity contribution in [3.8, 4) is 5.75 Å². The first-order valence-electron chi connectivity index (χ1n) is 10.3. The van der Waals surface area contributed by atoms with Crippen LogP contribution in [0.2, 0.25) is 5.02 Å². The lowest BCUT2D eigenvalue weighted by Gasteiger charge is -2.12. The van der Waals surface area contributed by atoms with Gasteiger partial charge in [0.25, 0.3) is 5.91 Å². The molecule has 0 aliphatic rings. The summed E-state index contributed by atoms with van der Waals surface area (Å²) in [5, 5.41) is 9.34. The van der Waals surface area contributed by atoms with E-state index in [1.165, 1.54) is 6.21 Å². The molecule has 0 bridgehead atoms. The molecule has 3 aromatic rings. The van der Waals surface area contributed by atoms with Crippen LogP contribution in [0.1, 0.15) is 16.7 Å². The monoisotopic (exact) mass is 478 g/mol. The van der Waals surface area contributed by atoms with E-state index in [0.29, 0.717) is 22.0 Å². The van der Waals surface area contributed by atoms with Crippen LogP contribution in [-0.4, -0.2) is 30.5 Å². The summed E-state index contributed by atoms with van der Waals surface area (Å²) in [6.07, 6.45) is 1.32. The summed E-state index contributed by atoms with van der Waals surface area (Å²) in [4.78, 5) is 36.4. The van der Waals surface area contributed by atoms with Crippen molar-refractivity contribution in [1.82, 2.24) is 5.43 Å². The topological polar surface area (TPSA) is 109 Å². The third-order valence-corrected chi connectivity index (χ3v) is 5.18. The van der Waals surface area contributed by atoms with Crippen LogP contribution in [0.5, 0.6) is 5.75 Å². The molecular formula is C25H23ClN4O4. The SMILES string of the molecule is Cc1cccc(NC(=O)COc2ccccc2/C=N\NC(=O)C(=O)Nc2ccccc2Cl)c1C. The smallest absolute Gasteiger partial charge is 0.329 e. The molecule has 0 atom stereocenters. The zero-order chi connectivity index (χ0) is 24.5. The zero-order valence-electron chi connectivity index (χ0n) is 18.6. The van der Waals surface area contributed by atoms with E-state index in [4.69, 9.17) is 16.3 Å². The molecule has 174 valence electrons. The molecule has 34 heavy (non-hydrogen) atoms. The summed E-state index contributed by atoms with van der Waals surface area (Å²) in [5.74, 6) is -1.82. The largest absolute Gasteiger partial charge is 0.483 e. The molecule has 9 heteroatoms. The highest BCUT2D eigenvalue weighted by Gasteiger charge is 2.14. The number of benzene rings is 3. The zero-order valence-corrected chi connectivity index (χ0v) is 19.3. The molecule has 3 rings (SSSR count). The lowest BCUT2D eigenvalue weighted by Crippen LogP contribution is -2.32. The van der Waals surface area contributed by atoms with Gasteiger partial charge in [0, 0.05) is 11.3 Å². The van der Waals surface area contributed by atoms with Crippen molar-refractivity contribution >= 4 is 46.9 Å². The highest BCUT2D eigenvalue weighted by atomic mass is 35.5. The van der Waals surface area contributed by atoms with E-state index in [-0.39, 0.29) is 12.5 Å². The minimum atomic E-state index is -0.970. The molecule has 0 unspecified atom stereocenters. The van der Waals surface area contributed by atoms with Crippen LogP contribution in [0.4, 0.5) is 11.4 Å². The number of hydrogen-bond acceptors (Lipinski definition) is 5. The number of hydrazone groups is 1. The van der Waals surface area contributed by atoms with Gasteiger partial charge in [-0.2, -0.15) is 5.10 Å². The summed E-state index contributed by atoms with van der Waals surface area (Å²) < 4.78 is 5.63. The molecule has 3 aromatic carbocycles. The summed E-state index contributed by atoms with van der Waals surface area (Å²) in [7, 11) is 0. The maximum atomic E-state index is 12.3. The van der Waals surface area contributed by atoms with Gasteiger partial charge in [-0.1, -0.05) is 48.0 Å². The predicted molar refractivity (Wildman–Crippen MR) is 132 cm³/mol. The summed E-state index contributed by atoms with van der Waals surface area (Å²) in [6, 6.07) is 19.0. The molecule has 8 nitrogen and oxygen atoms in total. The van der Waals surface area contributed by atoms with Gasteiger partial charge in [0.05, 0.1) is 16.9 Å². The standard InChI is InChI=1S/C25H23ClN4O4/c1-16-8-7-12-20(17(16)2)28-23(31)15-34-22-13-6-3-9-18(22)14-27-30-25(33)24(32)29-21-11-5-4-10-19(21)26/h3-14H,15H2,1-2H3,(H,28,31)(H,29,32)(H,30,33)/b27-14-. The Labute approximate surface area is 202 Å². The minimum absolute atomic E-state index is 0.217. The van der Waals surface area contributed by atoms with E-state index < -0.39 is 11.8 Å². The second-order valence-electron chi connectivity index (χ2n) is 7.26. The van der Waals surface area contributed by atoms with Gasteiger partial charge in [0.2, 0.25) is 0 Å². The number of carbonyl (C=O) groups is 3. The summed E-state index contributed by atoms with van der Waals surface area (Å²) in [6.45, 7) is 3.68. The number of ether oxygens (including phenoxy) is 1. The first-order chi connectivity index (χ1) is 16.3. The Morgan fingerprint density at radius 3 is 2.38 bits per heavy atom. The Balaban J connectivity index is 1.55. The average Bonchev–Trinajstić information content (AvgIpc) is 2.82. The van der Waals surface area contributed by atoms with Crippen molar-refractivity contribution in [2.75, 3.05) is 17.2 Å². The second-order valence-corrected chi connectivity index (χ2v) is 7.66. The van der Waals surface area contributed by atoms with Crippen LogP contribution in [0.25, 0.3) is 0 Å². The number of nitrogens with zero attached hydrogens (tertiary/aromatic N) is 1. The van der Waals surface area contributed by atoms with E-state index in [2.05, 4.69) is 21.2 Å². The Morgan fingerprint density at radius 1 is 0.882 bits per heavy atom. The maximum absolute atomic E-state index is 12.3. The van der Waals surface area contributed by atoms with Gasteiger partial charge in [-0.05, 0) is 55.3 Å². The van der Waals surface area contributed by atoms with Crippen LogP contribution in [-0.2, 0) is 14.4 Å². The Bertz CT molecular complexity index is 1240. The fraction of sp³-hybridized carbons (Fsp3) is 0.120. The molecule has 0 aromatic heterocycles. The van der Waals surface area contributed by atoms with Crippen molar-refractivity contribution in [2.24, 2.45) is 5.10 Å². The van der Waals surface area contributed by atoms with Gasteiger partial charge in [0.15, 0.2) is 6.61 Å². The third-order valence-electron chi connectivity index (χ3n) is 4.85. The van der Waals surface area contributed by atoms with Gasteiger partial charge >= 0.3 is 11.8 Å². The predicted octanol–water partition coefficient (Wildman–Crippen LogP) is 4.06. The number of nitrogens with one attached hydrogen (secondary N) is 3. The number of rotatable bonds is 7. The van der Waals surface area contributed by atoms with E-state index in [0.717, 1.165) is 16.8 Å². The number of aryl methyl sites for hydroxylation is 1. The Kier molecular flexibility index (Phi) is 8.37. The van der Waals surface area contributed by atoms with E-state index in [9.17, 15) is 14.4 Å². The van der Waals surface area contributed by atoms with Gasteiger partial charge in [-0.25, -0.2) is 5.43 Å². The van der Waals surface area contributed by atoms with Crippen LogP contribution >= 0.6 is 11.6 Å². The fourth-order valence-electron chi connectivity index (χ4n) is 2.89. The molecule has 0 heterocycles. The molecule has 0 spiro atoms. The van der Waals surface area contributed by atoms with Crippen LogP contribution in [0.3, 0.4) is 0 Å².